The number of amides is 1. The van der Waals surface area contributed by atoms with Crippen molar-refractivity contribution in [1.82, 2.24) is 5.48 Å². The summed E-state index contributed by atoms with van der Waals surface area (Å²) in [7, 11) is 0. The molecule has 1 aromatic carbocycles. The third-order valence-corrected chi connectivity index (χ3v) is 2.32. The summed E-state index contributed by atoms with van der Waals surface area (Å²) >= 11 is 0. The van der Waals surface area contributed by atoms with E-state index in [1.807, 2.05) is 18.2 Å². The SMILES string of the molecule is O=C(NOc1ccccc1)OC1CCC1. The Labute approximate surface area is 88.1 Å². The van der Waals surface area contributed by atoms with Gasteiger partial charge in [0.1, 0.15) is 6.10 Å². The molecular weight excluding hydrogens is 194 g/mol. The van der Waals surface area contributed by atoms with E-state index in [0.717, 1.165) is 19.3 Å². The monoisotopic (exact) mass is 207 g/mol. The van der Waals surface area contributed by atoms with Gasteiger partial charge in [0.15, 0.2) is 5.75 Å². The first-order valence-corrected chi connectivity index (χ1v) is 5.03. The number of hydrogen-bond donors (Lipinski definition) is 1. The molecule has 0 radical (unpaired) electrons. The summed E-state index contributed by atoms with van der Waals surface area (Å²) in [5, 5.41) is 0. The Morgan fingerprint density at radius 2 is 2.00 bits per heavy atom. The first-order chi connectivity index (χ1) is 7.34. The minimum Gasteiger partial charge on any atom is -0.444 e. The molecule has 0 heterocycles. The van der Waals surface area contributed by atoms with Gasteiger partial charge in [-0.2, -0.15) is 5.48 Å². The summed E-state index contributed by atoms with van der Waals surface area (Å²) < 4.78 is 5.03. The van der Waals surface area contributed by atoms with Crippen molar-refractivity contribution in [3.05, 3.63) is 30.3 Å². The summed E-state index contributed by atoms with van der Waals surface area (Å²) in [6.07, 6.45) is 2.60. The largest absolute Gasteiger partial charge is 0.444 e. The maximum atomic E-state index is 11.2. The van der Waals surface area contributed by atoms with Gasteiger partial charge in [-0.3, -0.25) is 0 Å². The molecule has 0 aromatic heterocycles. The van der Waals surface area contributed by atoms with E-state index in [9.17, 15) is 4.79 Å². The Bertz CT molecular complexity index is 322. The summed E-state index contributed by atoms with van der Waals surface area (Å²) in [4.78, 5) is 16.2. The normalized spacial score (nSPS) is 15.2. The number of carbonyl (C=O) groups excluding carboxylic acids is 1. The standard InChI is InChI=1S/C11H13NO3/c13-11(14-9-7-4-8-9)12-15-10-5-2-1-3-6-10/h1-3,5-6,9H,4,7-8H2,(H,12,13). The molecule has 0 bridgehead atoms. The second-order valence-electron chi connectivity index (χ2n) is 3.48. The molecule has 1 aromatic rings. The minimum atomic E-state index is -0.524. The van der Waals surface area contributed by atoms with Gasteiger partial charge in [-0.1, -0.05) is 18.2 Å². The second-order valence-corrected chi connectivity index (χ2v) is 3.48. The van der Waals surface area contributed by atoms with Crippen LogP contribution >= 0.6 is 0 Å². The van der Waals surface area contributed by atoms with E-state index in [4.69, 9.17) is 9.57 Å². The first kappa shape index (κ1) is 9.83. The Balaban J connectivity index is 1.71. The lowest BCUT2D eigenvalue weighted by molar-refractivity contribution is 0.0303. The molecule has 1 N–H and O–H groups in total. The van der Waals surface area contributed by atoms with E-state index in [-0.39, 0.29) is 6.10 Å². The zero-order valence-corrected chi connectivity index (χ0v) is 8.31. The molecule has 1 fully saturated rings. The molecule has 15 heavy (non-hydrogen) atoms. The van der Waals surface area contributed by atoms with Crippen molar-refractivity contribution < 1.29 is 14.4 Å². The quantitative estimate of drug-likeness (QED) is 0.773. The summed E-state index contributed by atoms with van der Waals surface area (Å²) in [5.41, 5.74) is 2.24. The highest BCUT2D eigenvalue weighted by atomic mass is 16.7. The van der Waals surface area contributed by atoms with Crippen LogP contribution in [0, 0.1) is 0 Å². The minimum absolute atomic E-state index is 0.0735. The van der Waals surface area contributed by atoms with Crippen molar-refractivity contribution in [2.45, 2.75) is 25.4 Å². The van der Waals surface area contributed by atoms with Crippen LogP contribution in [0.15, 0.2) is 30.3 Å². The lowest BCUT2D eigenvalue weighted by atomic mass is 9.96. The number of carbonyl (C=O) groups is 1. The molecule has 0 aliphatic heterocycles. The molecule has 1 aliphatic carbocycles. The zero-order chi connectivity index (χ0) is 10.5. The predicted molar refractivity (Wildman–Crippen MR) is 54.3 cm³/mol. The van der Waals surface area contributed by atoms with Gasteiger partial charge >= 0.3 is 6.09 Å². The molecule has 0 spiro atoms. The van der Waals surface area contributed by atoms with Gasteiger partial charge in [0.25, 0.3) is 0 Å². The number of para-hydroxylation sites is 1. The molecule has 4 nitrogen and oxygen atoms in total. The predicted octanol–water partition coefficient (Wildman–Crippen LogP) is 2.26. The van der Waals surface area contributed by atoms with Crippen molar-refractivity contribution in [3.63, 3.8) is 0 Å². The lowest BCUT2D eigenvalue weighted by Crippen LogP contribution is -2.34. The number of hydroxylamine groups is 1. The maximum absolute atomic E-state index is 11.2. The lowest BCUT2D eigenvalue weighted by Gasteiger charge is -2.24. The van der Waals surface area contributed by atoms with Crippen molar-refractivity contribution in [2.75, 3.05) is 0 Å². The fraction of sp³-hybridized carbons (Fsp3) is 0.364. The van der Waals surface area contributed by atoms with E-state index >= 15 is 0 Å². The van der Waals surface area contributed by atoms with Gasteiger partial charge in [0.2, 0.25) is 0 Å². The van der Waals surface area contributed by atoms with Gasteiger partial charge in [0, 0.05) is 0 Å². The summed E-state index contributed by atoms with van der Waals surface area (Å²) in [5.74, 6) is 0.586. The molecule has 4 heteroatoms. The average molecular weight is 207 g/mol. The second kappa shape index (κ2) is 4.68. The van der Waals surface area contributed by atoms with Crippen LogP contribution in [-0.2, 0) is 4.74 Å². The van der Waals surface area contributed by atoms with E-state index in [2.05, 4.69) is 5.48 Å². The molecule has 2 rings (SSSR count). The molecule has 1 amide bonds. The van der Waals surface area contributed by atoms with E-state index < -0.39 is 6.09 Å². The third-order valence-electron chi connectivity index (χ3n) is 2.32. The topological polar surface area (TPSA) is 47.6 Å². The third kappa shape index (κ3) is 2.87. The Morgan fingerprint density at radius 1 is 1.27 bits per heavy atom. The Kier molecular flexibility index (Phi) is 3.07. The number of ether oxygens (including phenoxy) is 1. The van der Waals surface area contributed by atoms with Crippen molar-refractivity contribution in [1.29, 1.82) is 0 Å². The molecule has 80 valence electrons. The highest BCUT2D eigenvalue weighted by Crippen LogP contribution is 2.21. The zero-order valence-electron chi connectivity index (χ0n) is 8.31. The molecule has 1 saturated carbocycles. The fourth-order valence-electron chi connectivity index (χ4n) is 1.25. The van der Waals surface area contributed by atoms with Crippen molar-refractivity contribution in [2.24, 2.45) is 0 Å². The highest BCUT2D eigenvalue weighted by molar-refractivity contribution is 5.66. The number of hydrogen-bond acceptors (Lipinski definition) is 3. The van der Waals surface area contributed by atoms with E-state index in [1.165, 1.54) is 0 Å². The maximum Gasteiger partial charge on any atom is 0.440 e. The number of rotatable bonds is 3. The van der Waals surface area contributed by atoms with Gasteiger partial charge in [-0.15, -0.1) is 0 Å². The fourth-order valence-corrected chi connectivity index (χ4v) is 1.25. The van der Waals surface area contributed by atoms with E-state index in [0.29, 0.717) is 5.75 Å². The smallest absolute Gasteiger partial charge is 0.440 e. The van der Waals surface area contributed by atoms with Crippen LogP contribution in [-0.4, -0.2) is 12.2 Å². The Hall–Kier alpha value is -1.71. The Morgan fingerprint density at radius 3 is 2.60 bits per heavy atom. The number of nitrogens with one attached hydrogen (secondary N) is 1. The van der Waals surface area contributed by atoms with Crippen LogP contribution in [0.4, 0.5) is 4.79 Å². The van der Waals surface area contributed by atoms with Crippen LogP contribution < -0.4 is 10.3 Å². The van der Waals surface area contributed by atoms with Gasteiger partial charge < -0.3 is 9.57 Å². The average Bonchev–Trinajstić information content (AvgIpc) is 2.22. The molecule has 0 unspecified atom stereocenters. The summed E-state index contributed by atoms with van der Waals surface area (Å²) in [6.45, 7) is 0. The highest BCUT2D eigenvalue weighted by Gasteiger charge is 2.21. The van der Waals surface area contributed by atoms with Crippen molar-refractivity contribution in [3.8, 4) is 5.75 Å². The van der Waals surface area contributed by atoms with Crippen molar-refractivity contribution >= 4 is 6.09 Å². The molecule has 0 saturated heterocycles. The molecule has 0 atom stereocenters. The van der Waals surface area contributed by atoms with Gasteiger partial charge in [0.05, 0.1) is 0 Å². The van der Waals surface area contributed by atoms with Gasteiger partial charge in [-0.25, -0.2) is 4.79 Å². The number of benzene rings is 1. The first-order valence-electron chi connectivity index (χ1n) is 5.03. The van der Waals surface area contributed by atoms with Gasteiger partial charge in [-0.05, 0) is 31.4 Å². The summed E-state index contributed by atoms with van der Waals surface area (Å²) in [6, 6.07) is 9.04. The van der Waals surface area contributed by atoms with E-state index in [1.54, 1.807) is 12.1 Å². The van der Waals surface area contributed by atoms with Crippen LogP contribution in [0.5, 0.6) is 5.75 Å². The van der Waals surface area contributed by atoms with Crippen LogP contribution in [0.1, 0.15) is 19.3 Å². The van der Waals surface area contributed by atoms with Crippen LogP contribution in [0.25, 0.3) is 0 Å². The van der Waals surface area contributed by atoms with Crippen LogP contribution in [0.3, 0.4) is 0 Å². The van der Waals surface area contributed by atoms with Crippen LogP contribution in [0.2, 0.25) is 0 Å². The molecule has 1 aliphatic rings. The molecular formula is C11H13NO3.